The lowest BCUT2D eigenvalue weighted by atomic mass is 10.0. The van der Waals surface area contributed by atoms with Gasteiger partial charge in [0, 0.05) is 12.8 Å². The second kappa shape index (κ2) is 54.0. The van der Waals surface area contributed by atoms with Gasteiger partial charge in [-0.15, -0.1) is 0 Å². The number of ether oxygens (including phenoxy) is 1. The van der Waals surface area contributed by atoms with Gasteiger partial charge in [-0.2, -0.15) is 0 Å². The van der Waals surface area contributed by atoms with Gasteiger partial charge in [0.25, 0.3) is 0 Å². The zero-order valence-corrected chi connectivity index (χ0v) is 43.0. The van der Waals surface area contributed by atoms with Crippen molar-refractivity contribution in [3.63, 3.8) is 0 Å². The van der Waals surface area contributed by atoms with Crippen molar-refractivity contribution < 1.29 is 24.5 Å². The lowest BCUT2D eigenvalue weighted by Crippen LogP contribution is -2.45. The highest BCUT2D eigenvalue weighted by Crippen LogP contribution is 2.16. The van der Waals surface area contributed by atoms with Gasteiger partial charge >= 0.3 is 5.97 Å². The highest BCUT2D eigenvalue weighted by atomic mass is 16.5. The summed E-state index contributed by atoms with van der Waals surface area (Å²) in [6.07, 6.45) is 64.8. The Balaban J connectivity index is 3.43. The Labute approximate surface area is 399 Å². The Morgan fingerprint density at radius 2 is 0.734 bits per heavy atom. The van der Waals surface area contributed by atoms with Gasteiger partial charge in [-0.25, -0.2) is 0 Å². The van der Waals surface area contributed by atoms with Gasteiger partial charge in [0.2, 0.25) is 5.91 Å². The SMILES string of the molecule is CCCCCCCCCCCC/C=C/C(O)C(CO)NC(=O)CCCCCCCCC/C=C\CCCCCCCCCCCOC(=O)CCCCCCCCCCCCCCCCC. The first-order valence-corrected chi connectivity index (χ1v) is 28.6. The Kier molecular flexibility index (Phi) is 52.6. The molecule has 0 aromatic rings. The molecule has 2 unspecified atom stereocenters. The van der Waals surface area contributed by atoms with E-state index in [-0.39, 0.29) is 18.5 Å². The number of hydrogen-bond acceptors (Lipinski definition) is 5. The van der Waals surface area contributed by atoms with Crippen LogP contribution >= 0.6 is 0 Å². The van der Waals surface area contributed by atoms with Crippen LogP contribution in [0.2, 0.25) is 0 Å². The van der Waals surface area contributed by atoms with Gasteiger partial charge in [-0.05, 0) is 57.8 Å². The van der Waals surface area contributed by atoms with Crippen molar-refractivity contribution in [1.29, 1.82) is 0 Å². The number of allylic oxidation sites excluding steroid dienone is 3. The predicted octanol–water partition coefficient (Wildman–Crippen LogP) is 17.5. The summed E-state index contributed by atoms with van der Waals surface area (Å²) in [4.78, 5) is 24.5. The number of carbonyl (C=O) groups is 2. The van der Waals surface area contributed by atoms with Gasteiger partial charge in [-0.3, -0.25) is 9.59 Å². The van der Waals surface area contributed by atoms with Crippen LogP contribution in [0.1, 0.15) is 309 Å². The summed E-state index contributed by atoms with van der Waals surface area (Å²) in [7, 11) is 0. The number of unbranched alkanes of at least 4 members (excludes halogenated alkanes) is 40. The summed E-state index contributed by atoms with van der Waals surface area (Å²) in [6, 6.07) is -0.632. The van der Waals surface area contributed by atoms with E-state index in [4.69, 9.17) is 4.74 Å². The van der Waals surface area contributed by atoms with Crippen LogP contribution in [0.3, 0.4) is 0 Å². The quantitative estimate of drug-likeness (QED) is 0.0321. The standard InChI is InChI=1S/C58H111NO5/c1-3-5-7-9-11-13-15-17-24-28-32-36-40-44-48-52-58(63)64-53-49-45-41-37-33-29-26-23-21-19-18-20-22-25-27-31-35-39-43-47-51-57(62)59-55(54-60)56(61)50-46-42-38-34-30-16-14-12-10-8-6-4-2/h18,20,46,50,55-56,60-61H,3-17,19,21-45,47-49,51-54H2,1-2H3,(H,59,62)/b20-18-,50-46+. The molecular weight excluding hydrogens is 791 g/mol. The predicted molar refractivity (Wildman–Crippen MR) is 278 cm³/mol. The first kappa shape index (κ1) is 62.3. The van der Waals surface area contributed by atoms with Crippen LogP contribution in [0.4, 0.5) is 0 Å². The third kappa shape index (κ3) is 49.8. The molecule has 3 N–H and O–H groups in total. The maximum atomic E-state index is 12.4. The molecule has 0 saturated heterocycles. The van der Waals surface area contributed by atoms with Crippen molar-refractivity contribution in [2.75, 3.05) is 13.2 Å². The van der Waals surface area contributed by atoms with Gasteiger partial charge in [0.05, 0.1) is 25.4 Å². The summed E-state index contributed by atoms with van der Waals surface area (Å²) in [5.41, 5.74) is 0. The van der Waals surface area contributed by atoms with E-state index in [1.54, 1.807) is 6.08 Å². The molecule has 0 saturated carbocycles. The lowest BCUT2D eigenvalue weighted by Gasteiger charge is -2.20. The zero-order chi connectivity index (χ0) is 46.5. The molecule has 0 spiro atoms. The molecule has 0 bridgehead atoms. The number of carbonyl (C=O) groups excluding carboxylic acids is 2. The van der Waals surface area contributed by atoms with Gasteiger partial charge in [0.1, 0.15) is 0 Å². The Hall–Kier alpha value is -1.66. The lowest BCUT2D eigenvalue weighted by molar-refractivity contribution is -0.143. The largest absolute Gasteiger partial charge is 0.466 e. The second-order valence-corrected chi connectivity index (χ2v) is 19.6. The average Bonchev–Trinajstić information content (AvgIpc) is 3.29. The third-order valence-electron chi connectivity index (χ3n) is 13.2. The van der Waals surface area contributed by atoms with E-state index in [1.165, 1.54) is 238 Å². The van der Waals surface area contributed by atoms with Crippen LogP contribution in [0.25, 0.3) is 0 Å². The topological polar surface area (TPSA) is 95.9 Å². The van der Waals surface area contributed by atoms with Crippen molar-refractivity contribution in [2.45, 2.75) is 321 Å². The summed E-state index contributed by atoms with van der Waals surface area (Å²) in [5.74, 6) is -0.0685. The average molecular weight is 903 g/mol. The zero-order valence-electron chi connectivity index (χ0n) is 43.0. The molecule has 6 heteroatoms. The van der Waals surface area contributed by atoms with Crippen LogP contribution in [-0.4, -0.2) is 47.4 Å². The maximum absolute atomic E-state index is 12.4. The molecule has 0 aliphatic heterocycles. The molecule has 0 aliphatic rings. The minimum Gasteiger partial charge on any atom is -0.466 e. The van der Waals surface area contributed by atoms with Crippen molar-refractivity contribution in [2.24, 2.45) is 0 Å². The van der Waals surface area contributed by atoms with Crippen LogP contribution in [0.5, 0.6) is 0 Å². The second-order valence-electron chi connectivity index (χ2n) is 19.6. The van der Waals surface area contributed by atoms with Crippen LogP contribution in [0, 0.1) is 0 Å². The number of amides is 1. The molecule has 64 heavy (non-hydrogen) atoms. The summed E-state index contributed by atoms with van der Waals surface area (Å²) < 4.78 is 5.48. The molecule has 0 fully saturated rings. The normalized spacial score (nSPS) is 12.8. The highest BCUT2D eigenvalue weighted by Gasteiger charge is 2.18. The van der Waals surface area contributed by atoms with Crippen LogP contribution in [-0.2, 0) is 14.3 Å². The Morgan fingerprint density at radius 3 is 1.11 bits per heavy atom. The molecule has 1 amide bonds. The molecular formula is C58H111NO5. The minimum atomic E-state index is -0.848. The molecule has 0 aromatic carbocycles. The van der Waals surface area contributed by atoms with Gasteiger partial charge in [-0.1, -0.05) is 263 Å². The fourth-order valence-electron chi connectivity index (χ4n) is 8.81. The van der Waals surface area contributed by atoms with Gasteiger partial charge in [0.15, 0.2) is 0 Å². The number of hydrogen-bond donors (Lipinski definition) is 3. The smallest absolute Gasteiger partial charge is 0.305 e. The number of aliphatic hydroxyl groups is 2. The Morgan fingerprint density at radius 1 is 0.422 bits per heavy atom. The monoisotopic (exact) mass is 902 g/mol. The first-order valence-electron chi connectivity index (χ1n) is 28.6. The van der Waals surface area contributed by atoms with Crippen LogP contribution < -0.4 is 5.32 Å². The van der Waals surface area contributed by atoms with Crippen molar-refractivity contribution >= 4 is 11.9 Å². The van der Waals surface area contributed by atoms with Crippen molar-refractivity contribution in [3.05, 3.63) is 24.3 Å². The molecule has 378 valence electrons. The van der Waals surface area contributed by atoms with Crippen LogP contribution in [0.15, 0.2) is 24.3 Å². The molecule has 0 rings (SSSR count). The minimum absolute atomic E-state index is 0.00835. The summed E-state index contributed by atoms with van der Waals surface area (Å²) >= 11 is 0. The van der Waals surface area contributed by atoms with E-state index in [1.807, 2.05) is 6.08 Å². The molecule has 2 atom stereocenters. The Bertz CT molecular complexity index is 997. The van der Waals surface area contributed by atoms with E-state index in [0.29, 0.717) is 19.4 Å². The highest BCUT2D eigenvalue weighted by molar-refractivity contribution is 5.76. The summed E-state index contributed by atoms with van der Waals surface area (Å²) in [5, 5.41) is 23.0. The van der Waals surface area contributed by atoms with E-state index >= 15 is 0 Å². The summed E-state index contributed by atoms with van der Waals surface area (Å²) in [6.45, 7) is 4.90. The molecule has 6 nitrogen and oxygen atoms in total. The molecule has 0 radical (unpaired) electrons. The third-order valence-corrected chi connectivity index (χ3v) is 13.2. The van der Waals surface area contributed by atoms with E-state index in [2.05, 4.69) is 31.3 Å². The number of rotatable bonds is 53. The number of aliphatic hydroxyl groups excluding tert-OH is 2. The fraction of sp³-hybridized carbons (Fsp3) is 0.897. The van der Waals surface area contributed by atoms with Crippen molar-refractivity contribution in [1.82, 2.24) is 5.32 Å². The number of esters is 1. The fourth-order valence-corrected chi connectivity index (χ4v) is 8.81. The molecule has 0 aromatic heterocycles. The van der Waals surface area contributed by atoms with E-state index in [0.717, 1.165) is 44.9 Å². The number of nitrogens with one attached hydrogen (secondary N) is 1. The molecule has 0 aliphatic carbocycles. The molecule has 0 heterocycles. The maximum Gasteiger partial charge on any atom is 0.305 e. The van der Waals surface area contributed by atoms with E-state index < -0.39 is 12.1 Å². The van der Waals surface area contributed by atoms with Crippen molar-refractivity contribution in [3.8, 4) is 0 Å². The van der Waals surface area contributed by atoms with Gasteiger partial charge < -0.3 is 20.3 Å². The first-order chi connectivity index (χ1) is 31.5. The van der Waals surface area contributed by atoms with E-state index in [9.17, 15) is 19.8 Å².